The number of nitrogens with zero attached hydrogens (tertiary/aromatic N) is 2. The summed E-state index contributed by atoms with van der Waals surface area (Å²) in [6.45, 7) is 0.723. The molecule has 36 heavy (non-hydrogen) atoms. The number of halogens is 2. The molecule has 0 saturated heterocycles. The van der Waals surface area contributed by atoms with Crippen molar-refractivity contribution in [1.29, 1.82) is 0 Å². The molecule has 0 spiro atoms. The van der Waals surface area contributed by atoms with Crippen LogP contribution in [0.5, 0.6) is 11.5 Å². The van der Waals surface area contributed by atoms with Crippen molar-refractivity contribution in [2.75, 3.05) is 14.2 Å². The summed E-state index contributed by atoms with van der Waals surface area (Å²) < 4.78 is 26.5. The van der Waals surface area contributed by atoms with Gasteiger partial charge in [-0.25, -0.2) is 9.38 Å². The van der Waals surface area contributed by atoms with Crippen LogP contribution in [-0.4, -0.2) is 18.8 Å². The minimum atomic E-state index is -0.270. The number of rotatable bonds is 7. The molecule has 0 amide bonds. The third-order valence-corrected chi connectivity index (χ3v) is 6.83. The first-order chi connectivity index (χ1) is 17.1. The smallest absolute Gasteiger partial charge is 0.190 e. The van der Waals surface area contributed by atoms with Crippen LogP contribution in [0.1, 0.15) is 5.56 Å². The van der Waals surface area contributed by atoms with Gasteiger partial charge in [-0.2, -0.15) is 0 Å². The van der Waals surface area contributed by atoms with E-state index in [0.717, 1.165) is 40.3 Å². The molecule has 1 aromatic heterocycles. The van der Waals surface area contributed by atoms with Gasteiger partial charge in [0.15, 0.2) is 16.3 Å². The van der Waals surface area contributed by atoms with Crippen LogP contribution in [0, 0.1) is 5.82 Å². The zero-order chi connectivity index (χ0) is 24.2. The van der Waals surface area contributed by atoms with Crippen LogP contribution in [0.15, 0.2) is 95.3 Å². The summed E-state index contributed by atoms with van der Waals surface area (Å²) in [4.78, 5) is 5.70. The second kappa shape index (κ2) is 11.5. The van der Waals surface area contributed by atoms with Crippen molar-refractivity contribution in [3.8, 4) is 22.8 Å². The van der Waals surface area contributed by atoms with E-state index in [-0.39, 0.29) is 22.8 Å². The minimum absolute atomic E-state index is 0. The molecule has 0 aliphatic rings. The zero-order valence-electron chi connectivity index (χ0n) is 20.0. The quantitative estimate of drug-likeness (QED) is 0.204. The number of aryl methyl sites for hydroxylation is 1. The summed E-state index contributed by atoms with van der Waals surface area (Å²) in [5, 5.41) is 4.54. The van der Waals surface area contributed by atoms with Crippen molar-refractivity contribution in [3.63, 3.8) is 0 Å². The Bertz CT molecular complexity index is 1540. The Morgan fingerprint density at radius 2 is 1.58 bits per heavy atom. The number of methoxy groups -OCH3 is 2. The number of hydrogen-bond acceptors (Lipinski definition) is 4. The SMILES string of the molecule is Br.COc1ccc(CCn2c(-c3ccc4ccccc4c3)csc2=Nc2ccc(F)cc2)cc1OC. The van der Waals surface area contributed by atoms with E-state index in [0.29, 0.717) is 11.5 Å². The molecule has 4 nitrogen and oxygen atoms in total. The van der Waals surface area contributed by atoms with E-state index in [2.05, 4.69) is 58.5 Å². The van der Waals surface area contributed by atoms with E-state index in [1.165, 1.54) is 22.9 Å². The zero-order valence-corrected chi connectivity index (χ0v) is 22.5. The molecule has 184 valence electrons. The second-order valence-electron chi connectivity index (χ2n) is 8.14. The fraction of sp³-hybridized carbons (Fsp3) is 0.138. The third-order valence-electron chi connectivity index (χ3n) is 5.97. The van der Waals surface area contributed by atoms with E-state index >= 15 is 0 Å². The standard InChI is InChI=1S/C29H25FN2O2S.BrH/c1-33-27-14-7-20(17-28(27)34-2)15-16-32-26(23-9-8-21-5-3-4-6-22(21)18-23)19-35-29(32)31-25-12-10-24(30)11-13-25;/h3-14,17-19H,15-16H2,1-2H3;1H. The van der Waals surface area contributed by atoms with Crippen LogP contribution >= 0.6 is 28.3 Å². The maximum atomic E-state index is 13.4. The molecule has 5 rings (SSSR count). The number of hydrogen-bond donors (Lipinski definition) is 0. The molecule has 0 atom stereocenters. The Morgan fingerprint density at radius 1 is 0.833 bits per heavy atom. The molecule has 0 aliphatic heterocycles. The van der Waals surface area contributed by atoms with Crippen molar-refractivity contribution < 1.29 is 13.9 Å². The van der Waals surface area contributed by atoms with Crippen LogP contribution in [0.3, 0.4) is 0 Å². The van der Waals surface area contributed by atoms with Crippen molar-refractivity contribution in [3.05, 3.63) is 106 Å². The molecule has 4 aromatic carbocycles. The van der Waals surface area contributed by atoms with Gasteiger partial charge >= 0.3 is 0 Å². The van der Waals surface area contributed by atoms with Gasteiger partial charge in [0.05, 0.1) is 25.6 Å². The van der Waals surface area contributed by atoms with Gasteiger partial charge in [0.1, 0.15) is 5.82 Å². The minimum Gasteiger partial charge on any atom is -0.493 e. The molecule has 1 heterocycles. The summed E-state index contributed by atoms with van der Waals surface area (Å²) in [6.07, 6.45) is 0.786. The summed E-state index contributed by atoms with van der Waals surface area (Å²) >= 11 is 1.58. The lowest BCUT2D eigenvalue weighted by atomic mass is 10.1. The van der Waals surface area contributed by atoms with Crippen LogP contribution < -0.4 is 14.3 Å². The van der Waals surface area contributed by atoms with Gasteiger partial charge in [0.2, 0.25) is 0 Å². The molecule has 0 aliphatic carbocycles. The van der Waals surface area contributed by atoms with Crippen molar-refractivity contribution >= 4 is 44.8 Å². The summed E-state index contributed by atoms with van der Waals surface area (Å²) in [5.74, 6) is 1.16. The number of ether oxygens (including phenoxy) is 2. The molecule has 0 fully saturated rings. The van der Waals surface area contributed by atoms with E-state index in [1.54, 1.807) is 37.7 Å². The second-order valence-corrected chi connectivity index (χ2v) is 8.98. The molecule has 0 saturated carbocycles. The molecule has 5 aromatic rings. The lowest BCUT2D eigenvalue weighted by Gasteiger charge is -2.12. The van der Waals surface area contributed by atoms with E-state index in [4.69, 9.17) is 14.5 Å². The Kier molecular flexibility index (Phi) is 8.23. The molecular formula is C29H26BrFN2O2S. The lowest BCUT2D eigenvalue weighted by molar-refractivity contribution is 0.354. The highest BCUT2D eigenvalue weighted by molar-refractivity contribution is 8.93. The van der Waals surface area contributed by atoms with Crippen LogP contribution in [0.2, 0.25) is 0 Å². The summed E-state index contributed by atoms with van der Waals surface area (Å²) in [6, 6.07) is 27.1. The summed E-state index contributed by atoms with van der Waals surface area (Å²) in [7, 11) is 3.28. The molecule has 0 N–H and O–H groups in total. The first-order valence-electron chi connectivity index (χ1n) is 11.3. The Labute approximate surface area is 224 Å². The van der Waals surface area contributed by atoms with Gasteiger partial charge in [0.25, 0.3) is 0 Å². The lowest BCUT2D eigenvalue weighted by Crippen LogP contribution is -2.17. The van der Waals surface area contributed by atoms with Crippen molar-refractivity contribution in [2.24, 2.45) is 4.99 Å². The molecule has 0 unspecified atom stereocenters. The van der Waals surface area contributed by atoms with Gasteiger partial charge in [-0.15, -0.1) is 28.3 Å². The molecule has 0 bridgehead atoms. The van der Waals surface area contributed by atoms with Gasteiger partial charge in [-0.3, -0.25) is 0 Å². The third kappa shape index (κ3) is 5.53. The highest BCUT2D eigenvalue weighted by Crippen LogP contribution is 2.29. The fourth-order valence-electron chi connectivity index (χ4n) is 4.12. The predicted octanol–water partition coefficient (Wildman–Crippen LogP) is 7.58. The fourth-order valence-corrected chi connectivity index (χ4v) is 5.07. The highest BCUT2D eigenvalue weighted by atomic mass is 79.9. The van der Waals surface area contributed by atoms with Crippen molar-refractivity contribution in [1.82, 2.24) is 4.57 Å². The van der Waals surface area contributed by atoms with Crippen molar-refractivity contribution in [2.45, 2.75) is 13.0 Å². The predicted molar refractivity (Wildman–Crippen MR) is 150 cm³/mol. The Hall–Kier alpha value is -3.42. The van der Waals surface area contributed by atoms with Gasteiger partial charge in [-0.05, 0) is 70.8 Å². The summed E-state index contributed by atoms with van der Waals surface area (Å²) in [5.41, 5.74) is 4.09. The largest absolute Gasteiger partial charge is 0.493 e. The van der Waals surface area contributed by atoms with E-state index in [9.17, 15) is 4.39 Å². The number of aromatic nitrogens is 1. The molecular weight excluding hydrogens is 539 g/mol. The number of fused-ring (bicyclic) bond motifs is 1. The van der Waals surface area contributed by atoms with Crippen LogP contribution in [-0.2, 0) is 13.0 Å². The monoisotopic (exact) mass is 564 g/mol. The van der Waals surface area contributed by atoms with Gasteiger partial charge in [0, 0.05) is 11.9 Å². The Morgan fingerprint density at radius 3 is 2.33 bits per heavy atom. The molecule has 7 heteroatoms. The maximum absolute atomic E-state index is 13.4. The number of benzene rings is 4. The first kappa shape index (κ1) is 25.7. The first-order valence-corrected chi connectivity index (χ1v) is 12.2. The highest BCUT2D eigenvalue weighted by Gasteiger charge is 2.11. The van der Waals surface area contributed by atoms with Crippen LogP contribution in [0.4, 0.5) is 10.1 Å². The van der Waals surface area contributed by atoms with Gasteiger partial charge < -0.3 is 14.0 Å². The maximum Gasteiger partial charge on any atom is 0.190 e. The van der Waals surface area contributed by atoms with E-state index in [1.807, 2.05) is 12.1 Å². The van der Waals surface area contributed by atoms with E-state index < -0.39 is 0 Å². The molecule has 0 radical (unpaired) electrons. The average Bonchev–Trinajstić information content (AvgIpc) is 3.30. The Balaban J connectivity index is 0.00000304. The average molecular weight is 566 g/mol. The van der Waals surface area contributed by atoms with Gasteiger partial charge in [-0.1, -0.05) is 42.5 Å². The number of thiazole rings is 1. The topological polar surface area (TPSA) is 35.8 Å². The normalized spacial score (nSPS) is 11.4. The van der Waals surface area contributed by atoms with Crippen LogP contribution in [0.25, 0.3) is 22.0 Å².